The van der Waals surface area contributed by atoms with Gasteiger partial charge in [-0.15, -0.1) is 11.3 Å². The Hall–Kier alpha value is -3.58. The molecular formula is C27H27NO5S. The average molecular weight is 478 g/mol. The van der Waals surface area contributed by atoms with Crippen LogP contribution in [0, 0.1) is 0 Å². The van der Waals surface area contributed by atoms with Crippen LogP contribution in [-0.2, 0) is 16.1 Å². The molecule has 0 bridgehead atoms. The van der Waals surface area contributed by atoms with E-state index in [0.717, 1.165) is 16.2 Å². The first-order valence-corrected chi connectivity index (χ1v) is 12.1. The second kappa shape index (κ2) is 9.73. The number of aromatic hydroxyl groups is 1. The number of ether oxygens (including phenoxy) is 1. The molecule has 0 radical (unpaired) electrons. The molecule has 3 aromatic rings. The third-order valence-corrected chi connectivity index (χ3v) is 6.70. The van der Waals surface area contributed by atoms with E-state index >= 15 is 0 Å². The number of rotatable bonds is 7. The van der Waals surface area contributed by atoms with E-state index in [1.54, 1.807) is 30.3 Å². The zero-order valence-corrected chi connectivity index (χ0v) is 20.1. The number of phenols is 1. The van der Waals surface area contributed by atoms with E-state index < -0.39 is 17.7 Å². The van der Waals surface area contributed by atoms with Crippen molar-refractivity contribution in [2.45, 2.75) is 39.3 Å². The van der Waals surface area contributed by atoms with Gasteiger partial charge < -0.3 is 19.8 Å². The van der Waals surface area contributed by atoms with Crippen LogP contribution in [0.4, 0.5) is 0 Å². The highest BCUT2D eigenvalue weighted by molar-refractivity contribution is 7.09. The highest BCUT2D eigenvalue weighted by atomic mass is 32.1. The number of amides is 1. The molecule has 1 atom stereocenters. The molecule has 0 aliphatic carbocycles. The highest BCUT2D eigenvalue weighted by Gasteiger charge is 2.46. The quantitative estimate of drug-likeness (QED) is 0.263. The lowest BCUT2D eigenvalue weighted by Crippen LogP contribution is -2.28. The Morgan fingerprint density at radius 3 is 2.56 bits per heavy atom. The number of hydrogen-bond acceptors (Lipinski definition) is 6. The molecule has 1 unspecified atom stereocenters. The molecule has 7 heteroatoms. The van der Waals surface area contributed by atoms with Crippen LogP contribution in [-0.4, -0.2) is 33.4 Å². The third-order valence-electron chi connectivity index (χ3n) is 5.84. The second-order valence-electron chi connectivity index (χ2n) is 8.44. The van der Waals surface area contributed by atoms with Crippen LogP contribution in [0.3, 0.4) is 0 Å². The molecule has 176 valence electrons. The number of phenolic OH excluding ortho intramolecular Hbond substituents is 1. The van der Waals surface area contributed by atoms with Crippen LogP contribution >= 0.6 is 11.3 Å². The van der Waals surface area contributed by atoms with E-state index in [2.05, 4.69) is 0 Å². The second-order valence-corrected chi connectivity index (χ2v) is 9.47. The minimum atomic E-state index is -0.830. The van der Waals surface area contributed by atoms with Crippen LogP contribution in [0.5, 0.6) is 11.5 Å². The highest BCUT2D eigenvalue weighted by Crippen LogP contribution is 2.42. The smallest absolute Gasteiger partial charge is 0.295 e. The Bertz CT molecular complexity index is 1250. The Kier molecular flexibility index (Phi) is 6.75. The fraction of sp³-hybridized carbons (Fsp3) is 0.259. The lowest BCUT2D eigenvalue weighted by molar-refractivity contribution is -0.140. The molecule has 6 nitrogen and oxygen atoms in total. The summed E-state index contributed by atoms with van der Waals surface area (Å²) in [5, 5.41) is 23.4. The van der Waals surface area contributed by atoms with Gasteiger partial charge in [-0.25, -0.2) is 0 Å². The van der Waals surface area contributed by atoms with Crippen molar-refractivity contribution in [3.8, 4) is 11.5 Å². The van der Waals surface area contributed by atoms with Crippen molar-refractivity contribution in [1.29, 1.82) is 0 Å². The fourth-order valence-electron chi connectivity index (χ4n) is 4.24. The maximum Gasteiger partial charge on any atom is 0.295 e. The molecular weight excluding hydrogens is 450 g/mol. The number of carbonyl (C=O) groups is 2. The summed E-state index contributed by atoms with van der Waals surface area (Å²) in [6.45, 7) is 6.68. The van der Waals surface area contributed by atoms with E-state index in [9.17, 15) is 19.8 Å². The van der Waals surface area contributed by atoms with Crippen molar-refractivity contribution in [2.75, 3.05) is 6.61 Å². The Morgan fingerprint density at radius 1 is 1.12 bits per heavy atom. The first-order chi connectivity index (χ1) is 16.3. The summed E-state index contributed by atoms with van der Waals surface area (Å²) in [6, 6.07) is 14.7. The Balaban J connectivity index is 1.87. The minimum absolute atomic E-state index is 0.00558. The summed E-state index contributed by atoms with van der Waals surface area (Å²) in [5.74, 6) is -0.817. The van der Waals surface area contributed by atoms with Gasteiger partial charge in [-0.05, 0) is 65.7 Å². The predicted octanol–water partition coefficient (Wildman–Crippen LogP) is 5.60. The molecule has 1 saturated heterocycles. The third kappa shape index (κ3) is 4.43. The van der Waals surface area contributed by atoms with Crippen LogP contribution in [0.1, 0.15) is 54.3 Å². The van der Waals surface area contributed by atoms with Gasteiger partial charge in [-0.1, -0.05) is 32.0 Å². The van der Waals surface area contributed by atoms with Gasteiger partial charge in [-0.2, -0.15) is 0 Å². The molecule has 1 aliphatic heterocycles. The first kappa shape index (κ1) is 23.6. The monoisotopic (exact) mass is 477 g/mol. The van der Waals surface area contributed by atoms with E-state index in [-0.39, 0.29) is 29.5 Å². The maximum atomic E-state index is 13.2. The number of likely N-dealkylation sites (tertiary alicyclic amines) is 1. The fourth-order valence-corrected chi connectivity index (χ4v) is 4.95. The number of aliphatic hydroxyl groups excluding tert-OH is 1. The number of aliphatic hydroxyl groups is 1. The van der Waals surface area contributed by atoms with E-state index in [1.165, 1.54) is 28.4 Å². The number of nitrogens with zero attached hydrogens (tertiary/aromatic N) is 1. The summed E-state index contributed by atoms with van der Waals surface area (Å²) in [5.41, 5.74) is 1.89. The van der Waals surface area contributed by atoms with Crippen LogP contribution in [0.25, 0.3) is 5.76 Å². The van der Waals surface area contributed by atoms with Crippen molar-refractivity contribution >= 4 is 28.8 Å². The summed E-state index contributed by atoms with van der Waals surface area (Å²) in [7, 11) is 0. The topological polar surface area (TPSA) is 87.1 Å². The van der Waals surface area contributed by atoms with Crippen molar-refractivity contribution in [3.63, 3.8) is 0 Å². The molecule has 4 rings (SSSR count). The van der Waals surface area contributed by atoms with Gasteiger partial charge in [0.25, 0.3) is 11.7 Å². The van der Waals surface area contributed by atoms with Gasteiger partial charge in [0, 0.05) is 10.4 Å². The zero-order valence-electron chi connectivity index (χ0n) is 19.3. The molecule has 2 heterocycles. The van der Waals surface area contributed by atoms with Crippen LogP contribution in [0.15, 0.2) is 65.6 Å². The lowest BCUT2D eigenvalue weighted by Gasteiger charge is -2.25. The Labute approximate surface area is 202 Å². The van der Waals surface area contributed by atoms with Gasteiger partial charge >= 0.3 is 0 Å². The zero-order chi connectivity index (χ0) is 24.4. The number of hydrogen-bond donors (Lipinski definition) is 2. The average Bonchev–Trinajstić information content (AvgIpc) is 3.41. The molecule has 34 heavy (non-hydrogen) atoms. The minimum Gasteiger partial charge on any atom is -0.508 e. The number of carbonyl (C=O) groups excluding carboxylic acids is 2. The van der Waals surface area contributed by atoms with Gasteiger partial charge in [0.05, 0.1) is 24.8 Å². The molecule has 1 amide bonds. The van der Waals surface area contributed by atoms with Crippen LogP contribution in [0.2, 0.25) is 0 Å². The molecule has 0 saturated carbocycles. The number of thiophene rings is 1. The van der Waals surface area contributed by atoms with Crippen molar-refractivity contribution in [1.82, 2.24) is 4.90 Å². The molecule has 2 aromatic carbocycles. The van der Waals surface area contributed by atoms with Crippen molar-refractivity contribution in [2.24, 2.45) is 0 Å². The molecule has 0 spiro atoms. The van der Waals surface area contributed by atoms with Crippen molar-refractivity contribution < 1.29 is 24.5 Å². The first-order valence-electron chi connectivity index (χ1n) is 11.2. The van der Waals surface area contributed by atoms with Gasteiger partial charge in [-0.3, -0.25) is 9.59 Å². The molecule has 1 aliphatic rings. The van der Waals surface area contributed by atoms with Crippen LogP contribution < -0.4 is 4.74 Å². The van der Waals surface area contributed by atoms with E-state index in [0.29, 0.717) is 17.7 Å². The van der Waals surface area contributed by atoms with Gasteiger partial charge in [0.15, 0.2) is 0 Å². The number of ketones is 1. The van der Waals surface area contributed by atoms with Gasteiger partial charge in [0.2, 0.25) is 0 Å². The predicted molar refractivity (Wildman–Crippen MR) is 132 cm³/mol. The lowest BCUT2D eigenvalue weighted by atomic mass is 9.93. The normalized spacial score (nSPS) is 17.5. The SMILES string of the molecule is CCOc1ccc(/C(O)=C2/C(=O)C(=O)N(Cc3cccs3)C2c2cccc(O)c2)cc1C(C)C. The van der Waals surface area contributed by atoms with E-state index in [1.807, 2.05) is 38.3 Å². The standard InChI is InChI=1S/C27H27NO5S/c1-4-33-22-11-10-18(14-21(22)16(2)3)25(30)23-24(17-7-5-8-19(29)13-17)28(27(32)26(23)31)15-20-9-6-12-34-20/h5-14,16,24,29-30H,4,15H2,1-3H3/b25-23-. The summed E-state index contributed by atoms with van der Waals surface area (Å²) < 4.78 is 5.72. The largest absolute Gasteiger partial charge is 0.508 e. The van der Waals surface area contributed by atoms with E-state index in [4.69, 9.17) is 4.74 Å². The number of benzene rings is 2. The summed E-state index contributed by atoms with van der Waals surface area (Å²) >= 11 is 1.48. The summed E-state index contributed by atoms with van der Waals surface area (Å²) in [6.07, 6.45) is 0. The molecule has 1 aromatic heterocycles. The van der Waals surface area contributed by atoms with Gasteiger partial charge in [0.1, 0.15) is 17.3 Å². The molecule has 2 N–H and O–H groups in total. The summed E-state index contributed by atoms with van der Waals surface area (Å²) in [4.78, 5) is 28.7. The maximum absolute atomic E-state index is 13.2. The Morgan fingerprint density at radius 2 is 1.91 bits per heavy atom. The van der Waals surface area contributed by atoms with Crippen molar-refractivity contribution in [3.05, 3.63) is 87.1 Å². The number of Topliss-reactive ketones (excluding diaryl/α,β-unsaturated/α-hetero) is 1. The molecule has 1 fully saturated rings.